The quantitative estimate of drug-likeness (QED) is 0.661. The Balaban J connectivity index is 1.82. The van der Waals surface area contributed by atoms with Crippen LogP contribution in [0.5, 0.6) is 0 Å². The van der Waals surface area contributed by atoms with Crippen LogP contribution in [0.25, 0.3) is 0 Å². The van der Waals surface area contributed by atoms with Gasteiger partial charge in [0.2, 0.25) is 5.91 Å². The normalized spacial score (nSPS) is 22.9. The SMILES string of the molecule is CO[C@H]1CC[C@](OC)(c2cccc([S+]([O-])c3ccc(N(C)C(C)=O)cc3)c2)CC1. The number of ether oxygens (including phenoxy) is 2. The molecule has 0 aromatic heterocycles. The van der Waals surface area contributed by atoms with Crippen LogP contribution >= 0.6 is 0 Å². The molecule has 3 rings (SSSR count). The molecule has 1 atom stereocenters. The summed E-state index contributed by atoms with van der Waals surface area (Å²) in [6.45, 7) is 1.52. The van der Waals surface area contributed by atoms with Crippen molar-refractivity contribution in [3.8, 4) is 0 Å². The zero-order valence-electron chi connectivity index (χ0n) is 17.5. The second-order valence-electron chi connectivity index (χ2n) is 7.50. The molecule has 1 amide bonds. The molecule has 5 nitrogen and oxygen atoms in total. The van der Waals surface area contributed by atoms with E-state index in [1.807, 2.05) is 42.5 Å². The summed E-state index contributed by atoms with van der Waals surface area (Å²) in [5, 5.41) is 0. The Bertz CT molecular complexity index is 831. The van der Waals surface area contributed by atoms with Gasteiger partial charge in [-0.2, -0.15) is 0 Å². The summed E-state index contributed by atoms with van der Waals surface area (Å²) in [5.41, 5.74) is 1.48. The highest BCUT2D eigenvalue weighted by molar-refractivity contribution is 7.91. The predicted molar refractivity (Wildman–Crippen MR) is 115 cm³/mol. The molecule has 29 heavy (non-hydrogen) atoms. The molecule has 0 heterocycles. The molecule has 1 aliphatic carbocycles. The lowest BCUT2D eigenvalue weighted by Crippen LogP contribution is -2.36. The molecular weight excluding hydrogens is 386 g/mol. The number of carbonyl (C=O) groups is 1. The van der Waals surface area contributed by atoms with E-state index in [1.165, 1.54) is 6.92 Å². The van der Waals surface area contributed by atoms with Crippen LogP contribution in [0.1, 0.15) is 38.2 Å². The van der Waals surface area contributed by atoms with E-state index in [0.717, 1.165) is 41.8 Å². The van der Waals surface area contributed by atoms with Crippen molar-refractivity contribution >= 4 is 22.8 Å². The summed E-state index contributed by atoms with van der Waals surface area (Å²) >= 11 is -1.31. The number of hydrogen-bond donors (Lipinski definition) is 0. The second-order valence-corrected chi connectivity index (χ2v) is 8.98. The van der Waals surface area contributed by atoms with Crippen molar-refractivity contribution in [2.45, 2.75) is 54.1 Å². The lowest BCUT2D eigenvalue weighted by Gasteiger charge is -2.39. The van der Waals surface area contributed by atoms with Crippen LogP contribution in [-0.4, -0.2) is 37.8 Å². The molecule has 0 saturated heterocycles. The van der Waals surface area contributed by atoms with Crippen molar-refractivity contribution in [2.24, 2.45) is 0 Å². The van der Waals surface area contributed by atoms with Crippen LogP contribution in [0.4, 0.5) is 5.69 Å². The molecule has 0 aliphatic heterocycles. The Morgan fingerprint density at radius 1 is 1.10 bits per heavy atom. The van der Waals surface area contributed by atoms with Gasteiger partial charge in [-0.15, -0.1) is 0 Å². The minimum Gasteiger partial charge on any atom is -0.606 e. The fraction of sp³-hybridized carbons (Fsp3) is 0.435. The first kappa shape index (κ1) is 21.8. The lowest BCUT2D eigenvalue weighted by molar-refractivity contribution is -0.116. The maximum absolute atomic E-state index is 13.2. The van der Waals surface area contributed by atoms with E-state index < -0.39 is 11.2 Å². The Morgan fingerprint density at radius 2 is 1.76 bits per heavy atom. The minimum absolute atomic E-state index is 0.0420. The zero-order valence-corrected chi connectivity index (χ0v) is 18.3. The summed E-state index contributed by atoms with van der Waals surface area (Å²) in [6.07, 6.45) is 3.93. The third-order valence-corrected chi connectivity index (χ3v) is 7.33. The summed E-state index contributed by atoms with van der Waals surface area (Å²) in [7, 11) is 5.23. The van der Waals surface area contributed by atoms with Crippen molar-refractivity contribution in [1.29, 1.82) is 0 Å². The fourth-order valence-corrected chi connectivity index (χ4v) is 5.00. The van der Waals surface area contributed by atoms with Gasteiger partial charge >= 0.3 is 0 Å². The molecule has 0 spiro atoms. The monoisotopic (exact) mass is 415 g/mol. The molecule has 0 radical (unpaired) electrons. The van der Waals surface area contributed by atoms with Crippen molar-refractivity contribution in [1.82, 2.24) is 0 Å². The fourth-order valence-electron chi connectivity index (χ4n) is 3.91. The highest BCUT2D eigenvalue weighted by Gasteiger charge is 2.37. The average molecular weight is 416 g/mol. The number of methoxy groups -OCH3 is 2. The van der Waals surface area contributed by atoms with Crippen LogP contribution in [0.15, 0.2) is 58.3 Å². The van der Waals surface area contributed by atoms with E-state index in [1.54, 1.807) is 26.2 Å². The van der Waals surface area contributed by atoms with Gasteiger partial charge < -0.3 is 18.9 Å². The van der Waals surface area contributed by atoms with Crippen LogP contribution in [0.2, 0.25) is 0 Å². The minimum atomic E-state index is -1.31. The number of nitrogens with zero attached hydrogens (tertiary/aromatic N) is 1. The van der Waals surface area contributed by atoms with Gasteiger partial charge in [0.15, 0.2) is 9.79 Å². The van der Waals surface area contributed by atoms with Gasteiger partial charge in [0.25, 0.3) is 0 Å². The lowest BCUT2D eigenvalue weighted by atomic mass is 9.78. The predicted octanol–water partition coefficient (Wildman–Crippen LogP) is 4.27. The van der Waals surface area contributed by atoms with Crippen molar-refractivity contribution in [2.75, 3.05) is 26.2 Å². The van der Waals surface area contributed by atoms with Crippen molar-refractivity contribution in [3.05, 3.63) is 54.1 Å². The highest BCUT2D eigenvalue weighted by atomic mass is 32.2. The van der Waals surface area contributed by atoms with Gasteiger partial charge in [0.1, 0.15) is 0 Å². The molecule has 156 valence electrons. The molecule has 1 fully saturated rings. The van der Waals surface area contributed by atoms with Gasteiger partial charge in [-0.05, 0) is 67.6 Å². The van der Waals surface area contributed by atoms with Gasteiger partial charge in [0, 0.05) is 45.1 Å². The maximum Gasteiger partial charge on any atom is 0.223 e. The Hall–Kier alpha value is -1.86. The third-order valence-electron chi connectivity index (χ3n) is 5.95. The maximum atomic E-state index is 13.2. The molecule has 2 aromatic carbocycles. The molecule has 0 N–H and O–H groups in total. The smallest absolute Gasteiger partial charge is 0.223 e. The number of rotatable bonds is 6. The molecule has 0 bridgehead atoms. The number of benzene rings is 2. The first-order chi connectivity index (χ1) is 13.9. The van der Waals surface area contributed by atoms with Crippen LogP contribution in [0.3, 0.4) is 0 Å². The molecular formula is C23H29NO4S. The van der Waals surface area contributed by atoms with E-state index in [4.69, 9.17) is 9.47 Å². The van der Waals surface area contributed by atoms with E-state index in [9.17, 15) is 9.35 Å². The molecule has 1 saturated carbocycles. The van der Waals surface area contributed by atoms with E-state index >= 15 is 0 Å². The summed E-state index contributed by atoms with van der Waals surface area (Å²) in [5.74, 6) is -0.0420. The van der Waals surface area contributed by atoms with E-state index in [0.29, 0.717) is 4.90 Å². The van der Waals surface area contributed by atoms with Crippen molar-refractivity contribution < 1.29 is 18.8 Å². The molecule has 1 unspecified atom stereocenters. The number of hydrogen-bond acceptors (Lipinski definition) is 4. The molecule has 1 aliphatic rings. The van der Waals surface area contributed by atoms with Crippen molar-refractivity contribution in [3.63, 3.8) is 0 Å². The van der Waals surface area contributed by atoms with Crippen LogP contribution < -0.4 is 4.90 Å². The first-order valence-electron chi connectivity index (χ1n) is 9.85. The highest BCUT2D eigenvalue weighted by Crippen LogP contribution is 2.41. The summed E-state index contributed by atoms with van der Waals surface area (Å²) in [6, 6.07) is 15.2. The average Bonchev–Trinajstić information content (AvgIpc) is 2.78. The first-order valence-corrected chi connectivity index (χ1v) is 11.0. The Morgan fingerprint density at radius 3 is 2.31 bits per heavy atom. The topological polar surface area (TPSA) is 61.8 Å². The zero-order chi connectivity index (χ0) is 21.0. The Kier molecular flexibility index (Phi) is 7.01. The van der Waals surface area contributed by atoms with Gasteiger partial charge in [-0.1, -0.05) is 12.1 Å². The molecule has 6 heteroatoms. The van der Waals surface area contributed by atoms with E-state index in [-0.39, 0.29) is 17.6 Å². The number of amides is 1. The molecule has 2 aromatic rings. The van der Waals surface area contributed by atoms with Gasteiger partial charge in [-0.25, -0.2) is 0 Å². The Labute approximate surface area is 176 Å². The van der Waals surface area contributed by atoms with Crippen LogP contribution in [-0.2, 0) is 31.0 Å². The number of carbonyl (C=O) groups excluding carboxylic acids is 1. The standard InChI is InChI=1S/C23H29NO4S/c1-17(25)24(2)19-8-10-21(11-9-19)29(26)22-7-5-6-18(16-22)23(28-4)14-12-20(27-3)13-15-23/h5-11,16,20H,12-15H2,1-4H3/t20-,23+,29?. The van der Waals surface area contributed by atoms with E-state index in [2.05, 4.69) is 6.07 Å². The summed E-state index contributed by atoms with van der Waals surface area (Å²) < 4.78 is 24.6. The number of anilines is 1. The van der Waals surface area contributed by atoms with Crippen LogP contribution in [0, 0.1) is 0 Å². The summed E-state index contributed by atoms with van der Waals surface area (Å²) in [4.78, 5) is 14.5. The largest absolute Gasteiger partial charge is 0.606 e. The van der Waals surface area contributed by atoms with Gasteiger partial charge in [-0.3, -0.25) is 4.79 Å². The third kappa shape index (κ3) is 4.67. The second kappa shape index (κ2) is 9.30. The van der Waals surface area contributed by atoms with Gasteiger partial charge in [0.05, 0.1) is 11.7 Å².